The summed E-state index contributed by atoms with van der Waals surface area (Å²) in [6.07, 6.45) is 1.48. The molecule has 2 aromatic rings. The molecule has 0 fully saturated rings. The van der Waals surface area contributed by atoms with Crippen molar-refractivity contribution in [2.75, 3.05) is 5.73 Å². The molecular weight excluding hydrogens is 248 g/mol. The van der Waals surface area contributed by atoms with E-state index in [1.165, 1.54) is 17.5 Å². The van der Waals surface area contributed by atoms with Gasteiger partial charge in [-0.1, -0.05) is 11.6 Å². The minimum Gasteiger partial charge on any atom is -0.478 e. The first-order valence-electron chi connectivity index (χ1n) is 4.33. The smallest absolute Gasteiger partial charge is 0.340 e. The highest BCUT2D eigenvalue weighted by atomic mass is 35.5. The van der Waals surface area contributed by atoms with Gasteiger partial charge in [-0.25, -0.2) is 9.78 Å². The lowest BCUT2D eigenvalue weighted by atomic mass is 10.1. The van der Waals surface area contributed by atoms with Crippen LogP contribution in [0.1, 0.15) is 10.4 Å². The Morgan fingerprint density at radius 3 is 2.75 bits per heavy atom. The number of carbonyl (C=O) groups is 1. The highest BCUT2D eigenvalue weighted by Crippen LogP contribution is 2.34. The molecule has 0 atom stereocenters. The van der Waals surface area contributed by atoms with Gasteiger partial charge in [-0.15, -0.1) is 11.3 Å². The Labute approximate surface area is 100 Å². The first-order valence-corrected chi connectivity index (χ1v) is 5.52. The summed E-state index contributed by atoms with van der Waals surface area (Å²) in [4.78, 5) is 15.6. The Bertz CT molecular complexity index is 554. The molecule has 0 spiro atoms. The molecule has 0 aromatic carbocycles. The predicted molar refractivity (Wildman–Crippen MR) is 63.9 cm³/mol. The number of thiophene rings is 1. The van der Waals surface area contributed by atoms with E-state index in [1.54, 1.807) is 18.2 Å². The predicted octanol–water partition coefficient (Wildman–Crippen LogP) is 2.74. The molecule has 0 aliphatic rings. The molecule has 0 aliphatic carbocycles. The van der Waals surface area contributed by atoms with E-state index in [0.29, 0.717) is 9.90 Å². The number of nitrogens with two attached hydrogens (primary N) is 1. The third kappa shape index (κ3) is 1.87. The minimum absolute atomic E-state index is 0.00882. The second kappa shape index (κ2) is 4.11. The van der Waals surface area contributed by atoms with Crippen LogP contribution in [0.4, 0.5) is 5.82 Å². The molecule has 0 aliphatic heterocycles. The van der Waals surface area contributed by atoms with Gasteiger partial charge >= 0.3 is 5.97 Å². The van der Waals surface area contributed by atoms with Gasteiger partial charge in [0, 0.05) is 16.6 Å². The SMILES string of the molecule is Nc1nccc(-c2ccc(Cl)s2)c1C(=O)O. The van der Waals surface area contributed by atoms with Gasteiger partial charge in [-0.3, -0.25) is 0 Å². The molecule has 16 heavy (non-hydrogen) atoms. The third-order valence-electron chi connectivity index (χ3n) is 2.03. The zero-order valence-electron chi connectivity index (χ0n) is 7.98. The number of nitrogen functional groups attached to an aromatic ring is 1. The maximum Gasteiger partial charge on any atom is 0.340 e. The maximum absolute atomic E-state index is 11.1. The molecule has 0 bridgehead atoms. The van der Waals surface area contributed by atoms with Crippen LogP contribution < -0.4 is 5.73 Å². The van der Waals surface area contributed by atoms with Gasteiger partial charge in [-0.2, -0.15) is 0 Å². The van der Waals surface area contributed by atoms with Crippen molar-refractivity contribution >= 4 is 34.7 Å². The van der Waals surface area contributed by atoms with Crippen molar-refractivity contribution in [1.29, 1.82) is 0 Å². The van der Waals surface area contributed by atoms with Crippen molar-refractivity contribution in [1.82, 2.24) is 4.98 Å². The number of hydrogen-bond donors (Lipinski definition) is 2. The van der Waals surface area contributed by atoms with Crippen LogP contribution in [0.15, 0.2) is 24.4 Å². The number of anilines is 1. The lowest BCUT2D eigenvalue weighted by Gasteiger charge is -2.05. The summed E-state index contributed by atoms with van der Waals surface area (Å²) < 4.78 is 0.599. The van der Waals surface area contributed by atoms with Gasteiger partial charge in [0.2, 0.25) is 0 Å². The topological polar surface area (TPSA) is 76.2 Å². The lowest BCUT2D eigenvalue weighted by molar-refractivity contribution is 0.0698. The normalized spacial score (nSPS) is 10.3. The number of hydrogen-bond acceptors (Lipinski definition) is 4. The molecule has 0 radical (unpaired) electrons. The molecule has 3 N–H and O–H groups in total. The number of pyridine rings is 1. The van der Waals surface area contributed by atoms with Crippen LogP contribution in [0, 0.1) is 0 Å². The van der Waals surface area contributed by atoms with Crippen LogP contribution in [0.2, 0.25) is 4.34 Å². The highest BCUT2D eigenvalue weighted by molar-refractivity contribution is 7.19. The zero-order chi connectivity index (χ0) is 11.7. The lowest BCUT2D eigenvalue weighted by Crippen LogP contribution is -2.06. The Balaban J connectivity index is 2.65. The van der Waals surface area contributed by atoms with Crippen molar-refractivity contribution in [3.8, 4) is 10.4 Å². The van der Waals surface area contributed by atoms with Gasteiger partial charge in [0.15, 0.2) is 0 Å². The number of carboxylic acids is 1. The number of halogens is 1. The van der Waals surface area contributed by atoms with E-state index in [0.717, 1.165) is 4.88 Å². The summed E-state index contributed by atoms with van der Waals surface area (Å²) >= 11 is 7.11. The van der Waals surface area contributed by atoms with Crippen molar-refractivity contribution < 1.29 is 9.90 Å². The molecule has 2 heterocycles. The van der Waals surface area contributed by atoms with Gasteiger partial charge in [0.25, 0.3) is 0 Å². The number of nitrogens with zero attached hydrogens (tertiary/aromatic N) is 1. The van der Waals surface area contributed by atoms with Crippen LogP contribution in [0.25, 0.3) is 10.4 Å². The third-order valence-corrected chi connectivity index (χ3v) is 3.30. The van der Waals surface area contributed by atoms with E-state index in [9.17, 15) is 4.79 Å². The molecule has 0 unspecified atom stereocenters. The van der Waals surface area contributed by atoms with E-state index < -0.39 is 5.97 Å². The molecule has 0 saturated heterocycles. The Kier molecular flexibility index (Phi) is 2.80. The average molecular weight is 255 g/mol. The Morgan fingerprint density at radius 2 is 2.19 bits per heavy atom. The second-order valence-electron chi connectivity index (χ2n) is 3.03. The minimum atomic E-state index is -1.09. The van der Waals surface area contributed by atoms with Crippen molar-refractivity contribution in [2.24, 2.45) is 0 Å². The van der Waals surface area contributed by atoms with Gasteiger partial charge in [0.1, 0.15) is 11.4 Å². The van der Waals surface area contributed by atoms with Gasteiger partial charge in [0.05, 0.1) is 4.34 Å². The largest absolute Gasteiger partial charge is 0.478 e. The Morgan fingerprint density at radius 1 is 1.44 bits per heavy atom. The molecular formula is C10H7ClN2O2S. The van der Waals surface area contributed by atoms with Crippen LogP contribution in [0.3, 0.4) is 0 Å². The number of aromatic nitrogens is 1. The summed E-state index contributed by atoms with van der Waals surface area (Å²) in [5, 5.41) is 9.07. The summed E-state index contributed by atoms with van der Waals surface area (Å²) in [5.41, 5.74) is 6.10. The van der Waals surface area contributed by atoms with Crippen molar-refractivity contribution in [3.05, 3.63) is 34.3 Å². The molecule has 0 saturated carbocycles. The van der Waals surface area contributed by atoms with Crippen LogP contribution in [-0.4, -0.2) is 16.1 Å². The molecule has 0 amide bonds. The van der Waals surface area contributed by atoms with Gasteiger partial charge in [-0.05, 0) is 18.2 Å². The first kappa shape index (κ1) is 10.9. The first-order chi connectivity index (χ1) is 7.59. The van der Waals surface area contributed by atoms with Crippen LogP contribution in [-0.2, 0) is 0 Å². The maximum atomic E-state index is 11.1. The van der Waals surface area contributed by atoms with E-state index in [4.69, 9.17) is 22.4 Å². The quantitative estimate of drug-likeness (QED) is 0.864. The second-order valence-corrected chi connectivity index (χ2v) is 4.74. The number of rotatable bonds is 2. The van der Waals surface area contributed by atoms with E-state index >= 15 is 0 Å². The van der Waals surface area contributed by atoms with E-state index in [2.05, 4.69) is 4.98 Å². The van der Waals surface area contributed by atoms with E-state index in [1.807, 2.05) is 0 Å². The van der Waals surface area contributed by atoms with Crippen molar-refractivity contribution in [3.63, 3.8) is 0 Å². The standard InChI is InChI=1S/C10H7ClN2O2S/c11-7-2-1-6(16-7)5-3-4-13-9(12)8(5)10(14)15/h1-4H,(H2,12,13)(H,14,15). The molecule has 2 aromatic heterocycles. The fourth-order valence-corrected chi connectivity index (χ4v) is 2.44. The molecule has 2 rings (SSSR count). The summed E-state index contributed by atoms with van der Waals surface area (Å²) in [7, 11) is 0. The fraction of sp³-hybridized carbons (Fsp3) is 0. The molecule has 4 nitrogen and oxygen atoms in total. The van der Waals surface area contributed by atoms with Gasteiger partial charge < -0.3 is 10.8 Å². The molecule has 82 valence electrons. The van der Waals surface area contributed by atoms with E-state index in [-0.39, 0.29) is 11.4 Å². The highest BCUT2D eigenvalue weighted by Gasteiger charge is 2.17. The molecule has 6 heteroatoms. The summed E-state index contributed by atoms with van der Waals surface area (Å²) in [6, 6.07) is 5.08. The van der Waals surface area contributed by atoms with Crippen molar-refractivity contribution in [2.45, 2.75) is 0 Å². The average Bonchev–Trinajstić information content (AvgIpc) is 2.63. The summed E-state index contributed by atoms with van der Waals surface area (Å²) in [6.45, 7) is 0. The van der Waals surface area contributed by atoms with Crippen LogP contribution in [0.5, 0.6) is 0 Å². The van der Waals surface area contributed by atoms with Crippen LogP contribution >= 0.6 is 22.9 Å². The Hall–Kier alpha value is -1.59. The summed E-state index contributed by atoms with van der Waals surface area (Å²) in [5.74, 6) is -1.08. The number of carboxylic acid groups (broad SMARTS) is 1. The fourth-order valence-electron chi connectivity index (χ4n) is 1.37. The zero-order valence-corrected chi connectivity index (χ0v) is 9.55. The monoisotopic (exact) mass is 254 g/mol. The number of aromatic carboxylic acids is 1.